The van der Waals surface area contributed by atoms with Crippen LogP contribution in [0.3, 0.4) is 0 Å². The highest BCUT2D eigenvalue weighted by Gasteiger charge is 2.16. The molecule has 0 fully saturated rings. The third-order valence-electron chi connectivity index (χ3n) is 2.95. The molecule has 0 atom stereocenters. The zero-order valence-electron chi connectivity index (χ0n) is 10.8. The number of hydrazone groups is 1. The Morgan fingerprint density at radius 3 is 2.85 bits per heavy atom. The number of fused-ring (bicyclic) bond motifs is 1. The van der Waals surface area contributed by atoms with Crippen molar-refractivity contribution in [1.82, 2.24) is 5.43 Å². The van der Waals surface area contributed by atoms with Gasteiger partial charge in [0.05, 0.1) is 12.5 Å². The lowest BCUT2D eigenvalue weighted by molar-refractivity contribution is 0.0929. The molecular weight excluding hydrogens is 256 g/mol. The molecule has 2 heterocycles. The molecule has 20 heavy (non-hydrogen) atoms. The number of furan rings is 2. The van der Waals surface area contributed by atoms with Gasteiger partial charge in [-0.3, -0.25) is 4.79 Å². The summed E-state index contributed by atoms with van der Waals surface area (Å²) in [5.74, 6) is 0.441. The Morgan fingerprint density at radius 1 is 1.25 bits per heavy atom. The maximum atomic E-state index is 12.0. The van der Waals surface area contributed by atoms with Crippen molar-refractivity contribution in [3.63, 3.8) is 0 Å². The molecule has 1 aromatic carbocycles. The van der Waals surface area contributed by atoms with Crippen molar-refractivity contribution in [3.05, 3.63) is 59.7 Å². The molecule has 0 bridgehead atoms. The van der Waals surface area contributed by atoms with E-state index in [1.807, 2.05) is 31.2 Å². The van der Waals surface area contributed by atoms with Gasteiger partial charge in [-0.1, -0.05) is 18.2 Å². The molecular formula is C15H12N2O3. The van der Waals surface area contributed by atoms with Gasteiger partial charge in [-0.15, -0.1) is 0 Å². The highest BCUT2D eigenvalue weighted by Crippen LogP contribution is 2.24. The average molecular weight is 268 g/mol. The molecule has 1 N–H and O–H groups in total. The standard InChI is InChI=1S/C15H12N2O3/c1-10-12-6-2-3-7-13(12)20-14(10)15(18)17-16-9-11-5-4-8-19-11/h2-9H,1H3,(H,17,18)/b16-9-. The van der Waals surface area contributed by atoms with Crippen LogP contribution in [0.2, 0.25) is 0 Å². The Labute approximate surface area is 114 Å². The zero-order chi connectivity index (χ0) is 13.9. The summed E-state index contributed by atoms with van der Waals surface area (Å²) in [6, 6.07) is 11.0. The van der Waals surface area contributed by atoms with Gasteiger partial charge in [0, 0.05) is 10.9 Å². The Hall–Kier alpha value is -2.82. The molecule has 1 amide bonds. The molecule has 3 rings (SSSR count). The summed E-state index contributed by atoms with van der Waals surface area (Å²) in [5, 5.41) is 4.75. The van der Waals surface area contributed by atoms with Crippen LogP contribution in [0.1, 0.15) is 21.9 Å². The van der Waals surface area contributed by atoms with Crippen LogP contribution in [0.15, 0.2) is 56.6 Å². The predicted molar refractivity (Wildman–Crippen MR) is 74.7 cm³/mol. The van der Waals surface area contributed by atoms with E-state index in [9.17, 15) is 4.79 Å². The first kappa shape index (κ1) is 12.2. The average Bonchev–Trinajstić information content (AvgIpc) is 3.08. The summed E-state index contributed by atoms with van der Waals surface area (Å²) in [4.78, 5) is 12.0. The van der Waals surface area contributed by atoms with E-state index < -0.39 is 0 Å². The fraction of sp³-hybridized carbons (Fsp3) is 0.0667. The Balaban J connectivity index is 1.80. The second kappa shape index (κ2) is 5.05. The molecule has 0 saturated heterocycles. The summed E-state index contributed by atoms with van der Waals surface area (Å²) in [7, 11) is 0. The molecule has 100 valence electrons. The van der Waals surface area contributed by atoms with Crippen LogP contribution in [0.5, 0.6) is 0 Å². The summed E-state index contributed by atoms with van der Waals surface area (Å²) in [6.45, 7) is 1.84. The maximum absolute atomic E-state index is 12.0. The van der Waals surface area contributed by atoms with Crippen molar-refractivity contribution >= 4 is 23.1 Å². The lowest BCUT2D eigenvalue weighted by Gasteiger charge is -1.96. The Bertz CT molecular complexity index is 770. The van der Waals surface area contributed by atoms with Crippen molar-refractivity contribution in [1.29, 1.82) is 0 Å². The second-order valence-electron chi connectivity index (χ2n) is 4.27. The number of hydrogen-bond acceptors (Lipinski definition) is 4. The van der Waals surface area contributed by atoms with E-state index in [0.29, 0.717) is 11.3 Å². The van der Waals surface area contributed by atoms with E-state index in [0.717, 1.165) is 10.9 Å². The summed E-state index contributed by atoms with van der Waals surface area (Å²) >= 11 is 0. The molecule has 0 radical (unpaired) electrons. The quantitative estimate of drug-likeness (QED) is 0.586. The van der Waals surface area contributed by atoms with Crippen molar-refractivity contribution in [2.75, 3.05) is 0 Å². The highest BCUT2D eigenvalue weighted by molar-refractivity contribution is 5.99. The van der Waals surface area contributed by atoms with Gasteiger partial charge >= 0.3 is 5.91 Å². The van der Waals surface area contributed by atoms with Gasteiger partial charge in [-0.2, -0.15) is 5.10 Å². The number of hydrogen-bond donors (Lipinski definition) is 1. The maximum Gasteiger partial charge on any atom is 0.307 e. The van der Waals surface area contributed by atoms with Gasteiger partial charge in [0.1, 0.15) is 11.3 Å². The highest BCUT2D eigenvalue weighted by atomic mass is 16.3. The summed E-state index contributed by atoms with van der Waals surface area (Å²) < 4.78 is 10.6. The zero-order valence-corrected chi connectivity index (χ0v) is 10.8. The third-order valence-corrected chi connectivity index (χ3v) is 2.95. The van der Waals surface area contributed by atoms with E-state index in [-0.39, 0.29) is 11.7 Å². The first-order valence-corrected chi connectivity index (χ1v) is 6.11. The molecule has 3 aromatic rings. The van der Waals surface area contributed by atoms with Gasteiger partial charge in [-0.25, -0.2) is 5.43 Å². The van der Waals surface area contributed by atoms with Gasteiger partial charge in [0.2, 0.25) is 0 Å². The molecule has 0 aliphatic heterocycles. The molecule has 0 aliphatic carbocycles. The van der Waals surface area contributed by atoms with Gasteiger partial charge in [0.15, 0.2) is 5.76 Å². The van der Waals surface area contributed by atoms with Gasteiger partial charge in [-0.05, 0) is 25.1 Å². The van der Waals surface area contributed by atoms with Crippen molar-refractivity contribution in [2.24, 2.45) is 5.10 Å². The first-order valence-electron chi connectivity index (χ1n) is 6.11. The van der Waals surface area contributed by atoms with Crippen LogP contribution in [-0.4, -0.2) is 12.1 Å². The Morgan fingerprint density at radius 2 is 2.10 bits per heavy atom. The van der Waals surface area contributed by atoms with Crippen LogP contribution >= 0.6 is 0 Å². The number of rotatable bonds is 3. The van der Waals surface area contributed by atoms with Crippen molar-refractivity contribution in [2.45, 2.75) is 6.92 Å². The molecule has 2 aromatic heterocycles. The number of carbonyl (C=O) groups is 1. The molecule has 0 saturated carbocycles. The number of nitrogens with zero attached hydrogens (tertiary/aromatic N) is 1. The first-order chi connectivity index (χ1) is 9.75. The Kier molecular flexibility index (Phi) is 3.09. The SMILES string of the molecule is Cc1c(C(=O)N/N=C\c2ccco2)oc2ccccc12. The lowest BCUT2D eigenvalue weighted by Crippen LogP contribution is -2.17. The summed E-state index contributed by atoms with van der Waals surface area (Å²) in [6.07, 6.45) is 2.96. The minimum absolute atomic E-state index is 0.266. The van der Waals surface area contributed by atoms with Crippen LogP contribution in [-0.2, 0) is 0 Å². The number of aryl methyl sites for hydroxylation is 1. The van der Waals surface area contributed by atoms with Crippen LogP contribution in [0, 0.1) is 6.92 Å². The van der Waals surface area contributed by atoms with Gasteiger partial charge < -0.3 is 8.83 Å². The largest absolute Gasteiger partial charge is 0.463 e. The molecule has 0 spiro atoms. The normalized spacial score (nSPS) is 11.2. The van der Waals surface area contributed by atoms with E-state index in [1.165, 1.54) is 12.5 Å². The number of benzene rings is 1. The van der Waals surface area contributed by atoms with E-state index >= 15 is 0 Å². The third kappa shape index (κ3) is 2.21. The fourth-order valence-corrected chi connectivity index (χ4v) is 1.96. The number of carbonyl (C=O) groups excluding carboxylic acids is 1. The number of nitrogens with one attached hydrogen (secondary N) is 1. The minimum Gasteiger partial charge on any atom is -0.463 e. The van der Waals surface area contributed by atoms with Crippen LogP contribution in [0.4, 0.5) is 0 Å². The second-order valence-corrected chi connectivity index (χ2v) is 4.27. The van der Waals surface area contributed by atoms with Gasteiger partial charge in [0.25, 0.3) is 0 Å². The van der Waals surface area contributed by atoms with Crippen LogP contribution in [0.25, 0.3) is 11.0 Å². The van der Waals surface area contributed by atoms with Crippen molar-refractivity contribution < 1.29 is 13.6 Å². The summed E-state index contributed by atoms with van der Waals surface area (Å²) in [5.41, 5.74) is 3.90. The van der Waals surface area contributed by atoms with E-state index in [2.05, 4.69) is 10.5 Å². The predicted octanol–water partition coefficient (Wildman–Crippen LogP) is 3.10. The molecule has 0 unspecified atom stereocenters. The molecule has 5 nitrogen and oxygen atoms in total. The molecule has 5 heteroatoms. The van der Waals surface area contributed by atoms with E-state index in [4.69, 9.17) is 8.83 Å². The lowest BCUT2D eigenvalue weighted by atomic mass is 10.1. The minimum atomic E-state index is -0.387. The monoisotopic (exact) mass is 268 g/mol. The van der Waals surface area contributed by atoms with Crippen LogP contribution < -0.4 is 5.43 Å². The smallest absolute Gasteiger partial charge is 0.307 e. The topological polar surface area (TPSA) is 67.7 Å². The van der Waals surface area contributed by atoms with E-state index in [1.54, 1.807) is 12.1 Å². The molecule has 0 aliphatic rings. The van der Waals surface area contributed by atoms with Crippen molar-refractivity contribution in [3.8, 4) is 0 Å². The number of amides is 1. The number of para-hydroxylation sites is 1. The fourth-order valence-electron chi connectivity index (χ4n) is 1.96.